The molecule has 0 bridgehead atoms. The van der Waals surface area contributed by atoms with Gasteiger partial charge in [-0.3, -0.25) is 14.9 Å². The third kappa shape index (κ3) is 9.09. The van der Waals surface area contributed by atoms with Gasteiger partial charge in [-0.1, -0.05) is 54.6 Å². The molecule has 2 amide bonds. The minimum atomic E-state index is -0.860. The monoisotopic (exact) mass is 681 g/mol. The Bertz CT molecular complexity index is 1800. The summed E-state index contributed by atoms with van der Waals surface area (Å²) in [5, 5.41) is 27.5. The minimum Gasteiger partial charge on any atom is -0.506 e. The number of amides is 2. The van der Waals surface area contributed by atoms with E-state index in [4.69, 9.17) is 4.74 Å². The Morgan fingerprint density at radius 3 is 2.42 bits per heavy atom. The van der Waals surface area contributed by atoms with E-state index in [0.717, 1.165) is 81.6 Å². The number of aromatic amines is 1. The summed E-state index contributed by atoms with van der Waals surface area (Å²) in [7, 11) is 0. The molecule has 3 heterocycles. The first kappa shape index (κ1) is 35.1. The van der Waals surface area contributed by atoms with Crippen LogP contribution in [0, 0.1) is 5.92 Å². The molecule has 6 rings (SSSR count). The number of aromatic hydroxyl groups is 1. The molecule has 2 aliphatic heterocycles. The number of phenols is 1. The summed E-state index contributed by atoms with van der Waals surface area (Å²) in [6.07, 6.45) is 3.72. The van der Waals surface area contributed by atoms with Crippen LogP contribution in [0.1, 0.15) is 50.2 Å². The molecular formula is C39H47N5O6. The van der Waals surface area contributed by atoms with Crippen LogP contribution in [0.5, 0.6) is 5.75 Å². The lowest BCUT2D eigenvalue weighted by Gasteiger charge is -2.35. The fourth-order valence-electron chi connectivity index (χ4n) is 7.09. The number of fused-ring (bicyclic) bond motifs is 1. The summed E-state index contributed by atoms with van der Waals surface area (Å²) in [5.74, 6) is 0.658. The maximum Gasteiger partial charge on any atom is 0.411 e. The Labute approximate surface area is 292 Å². The van der Waals surface area contributed by atoms with Gasteiger partial charge >= 0.3 is 6.09 Å². The SMILES string of the molecule is O=C(Nc1ccccc1-c1ccccc1)OC1CCN(CCC2CCN(C(=O)CCNCC(O)c3ccc(O)c4[nH]c(=O)ccc34)CC2)CC1. The third-order valence-corrected chi connectivity index (χ3v) is 10.00. The largest absolute Gasteiger partial charge is 0.506 e. The number of para-hydroxylation sites is 1. The molecule has 2 saturated heterocycles. The van der Waals surface area contributed by atoms with Crippen molar-refractivity contribution in [3.05, 3.63) is 94.8 Å². The van der Waals surface area contributed by atoms with Gasteiger partial charge in [-0.25, -0.2) is 4.79 Å². The van der Waals surface area contributed by atoms with Crippen LogP contribution in [0.3, 0.4) is 0 Å². The van der Waals surface area contributed by atoms with Crippen molar-refractivity contribution >= 4 is 28.6 Å². The molecule has 1 unspecified atom stereocenters. The number of pyridine rings is 1. The molecule has 1 aromatic heterocycles. The minimum absolute atomic E-state index is 0.0497. The summed E-state index contributed by atoms with van der Waals surface area (Å²) < 4.78 is 5.80. The van der Waals surface area contributed by atoms with Gasteiger partial charge in [0, 0.05) is 62.7 Å². The van der Waals surface area contributed by atoms with Gasteiger partial charge in [0.25, 0.3) is 0 Å². The fourth-order valence-corrected chi connectivity index (χ4v) is 7.09. The van der Waals surface area contributed by atoms with Crippen LogP contribution in [-0.2, 0) is 9.53 Å². The standard InChI is InChI=1S/C39H47N5O6/c45-34-12-10-31(32-11-13-36(47)42-38(32)34)35(46)26-40-20-14-37(48)44-24-16-27(17-25-44)15-21-43-22-18-29(19-23-43)50-39(49)41-33-9-5-4-8-30(33)28-6-2-1-3-7-28/h1-13,27,29,35,40,45-46H,14-26H2,(H,41,49)(H,42,47). The number of hydrogen-bond acceptors (Lipinski definition) is 8. The molecule has 5 N–H and O–H groups in total. The number of H-pyrrole nitrogens is 1. The van der Waals surface area contributed by atoms with Gasteiger partial charge in [0.2, 0.25) is 11.5 Å². The van der Waals surface area contributed by atoms with E-state index in [0.29, 0.717) is 35.3 Å². The number of likely N-dealkylation sites (tertiary alicyclic amines) is 2. The summed E-state index contributed by atoms with van der Waals surface area (Å²) in [5.41, 5.74) is 3.30. The Hall–Kier alpha value is -4.71. The number of aromatic nitrogens is 1. The zero-order valence-electron chi connectivity index (χ0n) is 28.4. The second-order valence-corrected chi connectivity index (χ2v) is 13.4. The number of piperidine rings is 2. The van der Waals surface area contributed by atoms with Gasteiger partial charge in [0.1, 0.15) is 11.9 Å². The first-order valence-corrected chi connectivity index (χ1v) is 17.7. The number of aliphatic hydroxyl groups is 1. The first-order chi connectivity index (χ1) is 24.3. The summed E-state index contributed by atoms with van der Waals surface area (Å²) in [4.78, 5) is 44.3. The van der Waals surface area contributed by atoms with Crippen LogP contribution < -0.4 is 16.2 Å². The van der Waals surface area contributed by atoms with Crippen molar-refractivity contribution in [3.63, 3.8) is 0 Å². The van der Waals surface area contributed by atoms with E-state index < -0.39 is 12.2 Å². The fraction of sp³-hybridized carbons (Fsp3) is 0.410. The zero-order chi connectivity index (χ0) is 34.9. The van der Waals surface area contributed by atoms with Gasteiger partial charge in [0.15, 0.2) is 0 Å². The van der Waals surface area contributed by atoms with Crippen molar-refractivity contribution in [2.75, 3.05) is 51.1 Å². The van der Waals surface area contributed by atoms with Crippen LogP contribution in [-0.4, -0.2) is 88.9 Å². The second-order valence-electron chi connectivity index (χ2n) is 13.4. The lowest BCUT2D eigenvalue weighted by atomic mass is 9.92. The first-order valence-electron chi connectivity index (χ1n) is 17.7. The molecule has 264 valence electrons. The predicted octanol–water partition coefficient (Wildman–Crippen LogP) is 5.26. The van der Waals surface area contributed by atoms with E-state index in [1.165, 1.54) is 12.1 Å². The summed E-state index contributed by atoms with van der Waals surface area (Å²) >= 11 is 0. The van der Waals surface area contributed by atoms with Gasteiger partial charge in [-0.05, 0) is 73.9 Å². The molecule has 1 atom stereocenters. The van der Waals surface area contributed by atoms with E-state index in [2.05, 4.69) is 20.5 Å². The van der Waals surface area contributed by atoms with Crippen LogP contribution in [0.15, 0.2) is 83.7 Å². The van der Waals surface area contributed by atoms with E-state index in [1.807, 2.05) is 59.5 Å². The van der Waals surface area contributed by atoms with Gasteiger partial charge in [-0.15, -0.1) is 0 Å². The quantitative estimate of drug-likeness (QED) is 0.127. The molecule has 4 aromatic rings. The average Bonchev–Trinajstić information content (AvgIpc) is 3.14. The number of hydrogen-bond donors (Lipinski definition) is 5. The third-order valence-electron chi connectivity index (χ3n) is 10.00. The number of phenolic OH excluding ortho intramolecular Hbond substituents is 1. The molecule has 11 heteroatoms. The van der Waals surface area contributed by atoms with Crippen LogP contribution in [0.25, 0.3) is 22.0 Å². The van der Waals surface area contributed by atoms with E-state index in [9.17, 15) is 24.6 Å². The van der Waals surface area contributed by atoms with Crippen molar-refractivity contribution in [1.82, 2.24) is 20.1 Å². The molecule has 2 aliphatic rings. The number of aliphatic hydroxyl groups excluding tert-OH is 1. The lowest BCUT2D eigenvalue weighted by Crippen LogP contribution is -2.42. The summed E-state index contributed by atoms with van der Waals surface area (Å²) in [6.45, 7) is 5.05. The molecule has 11 nitrogen and oxygen atoms in total. The molecule has 3 aromatic carbocycles. The molecule has 0 spiro atoms. The van der Waals surface area contributed by atoms with Crippen LogP contribution in [0.4, 0.5) is 10.5 Å². The lowest BCUT2D eigenvalue weighted by molar-refractivity contribution is -0.132. The maximum atomic E-state index is 12.9. The molecule has 50 heavy (non-hydrogen) atoms. The van der Waals surface area contributed by atoms with Gasteiger partial charge in [0.05, 0.1) is 17.3 Å². The number of nitrogens with zero attached hydrogens (tertiary/aromatic N) is 2. The number of benzene rings is 3. The maximum absolute atomic E-state index is 12.9. The van der Waals surface area contributed by atoms with Gasteiger partial charge < -0.3 is 35.1 Å². The average molecular weight is 682 g/mol. The Morgan fingerprint density at radius 2 is 1.64 bits per heavy atom. The number of nitrogens with one attached hydrogen (secondary N) is 3. The van der Waals surface area contributed by atoms with Crippen molar-refractivity contribution in [3.8, 4) is 16.9 Å². The van der Waals surface area contributed by atoms with E-state index in [-0.39, 0.29) is 29.9 Å². The van der Waals surface area contributed by atoms with E-state index in [1.54, 1.807) is 12.1 Å². The van der Waals surface area contributed by atoms with Crippen molar-refractivity contribution in [2.45, 2.75) is 50.7 Å². The predicted molar refractivity (Wildman–Crippen MR) is 194 cm³/mol. The van der Waals surface area contributed by atoms with Gasteiger partial charge in [-0.2, -0.15) is 0 Å². The number of carbonyl (C=O) groups excluding carboxylic acids is 2. The van der Waals surface area contributed by atoms with E-state index >= 15 is 0 Å². The smallest absolute Gasteiger partial charge is 0.411 e. The number of ether oxygens (including phenoxy) is 1. The Kier molecular flexibility index (Phi) is 11.8. The number of rotatable bonds is 12. The van der Waals surface area contributed by atoms with Crippen LogP contribution in [0.2, 0.25) is 0 Å². The normalized spacial score (nSPS) is 16.7. The molecule has 2 fully saturated rings. The van der Waals surface area contributed by atoms with Crippen molar-refractivity contribution in [2.24, 2.45) is 5.92 Å². The van der Waals surface area contributed by atoms with Crippen LogP contribution >= 0.6 is 0 Å². The Balaban J connectivity index is 0.845. The topological polar surface area (TPSA) is 147 Å². The second kappa shape index (κ2) is 16.8. The zero-order valence-corrected chi connectivity index (χ0v) is 28.4. The molecule has 0 aliphatic carbocycles. The highest BCUT2D eigenvalue weighted by molar-refractivity contribution is 5.91. The highest BCUT2D eigenvalue weighted by Gasteiger charge is 2.26. The Morgan fingerprint density at radius 1 is 0.900 bits per heavy atom. The number of carbonyl (C=O) groups is 2. The summed E-state index contributed by atoms with van der Waals surface area (Å²) in [6, 6.07) is 23.8. The highest BCUT2D eigenvalue weighted by atomic mass is 16.6. The number of anilines is 1. The van der Waals surface area contributed by atoms with Crippen molar-refractivity contribution < 1.29 is 24.5 Å². The molecular weight excluding hydrogens is 634 g/mol. The highest BCUT2D eigenvalue weighted by Crippen LogP contribution is 2.30. The van der Waals surface area contributed by atoms with Crippen molar-refractivity contribution in [1.29, 1.82) is 0 Å². The molecule has 0 saturated carbocycles. The molecule has 0 radical (unpaired) electrons.